The van der Waals surface area contributed by atoms with Crippen LogP contribution in [0.3, 0.4) is 0 Å². The number of amides is 1. The summed E-state index contributed by atoms with van der Waals surface area (Å²) in [6.07, 6.45) is 8.34. The van der Waals surface area contributed by atoms with Crippen molar-refractivity contribution in [3.63, 3.8) is 0 Å². The van der Waals surface area contributed by atoms with E-state index in [9.17, 15) is 4.79 Å². The van der Waals surface area contributed by atoms with Gasteiger partial charge in [0.15, 0.2) is 0 Å². The Balaban J connectivity index is 1.77. The molecule has 0 saturated carbocycles. The molecule has 2 saturated heterocycles. The molecule has 2 aliphatic rings. The van der Waals surface area contributed by atoms with Gasteiger partial charge < -0.3 is 9.80 Å². The molecule has 0 spiro atoms. The molecule has 2 atom stereocenters. The molecule has 2 fully saturated rings. The number of likely N-dealkylation sites (tertiary alicyclic amines) is 2. The van der Waals surface area contributed by atoms with Gasteiger partial charge in [0.1, 0.15) is 0 Å². The predicted molar refractivity (Wildman–Crippen MR) is 86.9 cm³/mol. The van der Waals surface area contributed by atoms with Crippen LogP contribution in [0.15, 0.2) is 12.4 Å². The summed E-state index contributed by atoms with van der Waals surface area (Å²) in [6, 6.07) is 0.905. The number of carbonyl (C=O) groups is 1. The van der Waals surface area contributed by atoms with Crippen molar-refractivity contribution in [2.75, 3.05) is 20.1 Å². The number of carbonyl (C=O) groups excluding carboxylic acids is 1. The maximum Gasteiger partial charge on any atom is 0.257 e. The molecule has 2 aliphatic heterocycles. The second-order valence-electron chi connectivity index (χ2n) is 7.74. The van der Waals surface area contributed by atoms with Gasteiger partial charge in [0.2, 0.25) is 0 Å². The van der Waals surface area contributed by atoms with Crippen molar-refractivity contribution < 1.29 is 4.79 Å². The lowest BCUT2D eigenvalue weighted by molar-refractivity contribution is 0.0664. The first-order valence-corrected chi connectivity index (χ1v) is 8.44. The summed E-state index contributed by atoms with van der Waals surface area (Å²) >= 11 is 0. The molecule has 1 amide bonds. The molecule has 5 nitrogen and oxygen atoms in total. The molecule has 0 radical (unpaired) electrons. The molecule has 0 N–H and O–H groups in total. The molecule has 2 unspecified atom stereocenters. The third-order valence-corrected chi connectivity index (χ3v) is 5.10. The summed E-state index contributed by atoms with van der Waals surface area (Å²) in [7, 11) is 2.19. The quantitative estimate of drug-likeness (QED) is 0.842. The van der Waals surface area contributed by atoms with E-state index in [0.29, 0.717) is 12.1 Å². The van der Waals surface area contributed by atoms with Gasteiger partial charge in [-0.3, -0.25) is 9.48 Å². The van der Waals surface area contributed by atoms with Gasteiger partial charge in [0.05, 0.1) is 17.3 Å². The van der Waals surface area contributed by atoms with Gasteiger partial charge in [-0.05, 0) is 60.0 Å². The van der Waals surface area contributed by atoms with Crippen molar-refractivity contribution in [1.82, 2.24) is 19.6 Å². The molecule has 1 aromatic rings. The van der Waals surface area contributed by atoms with E-state index in [2.05, 4.69) is 42.7 Å². The Morgan fingerprint density at radius 3 is 2.45 bits per heavy atom. The monoisotopic (exact) mass is 304 g/mol. The van der Waals surface area contributed by atoms with Crippen molar-refractivity contribution in [2.45, 2.75) is 64.1 Å². The number of aromatic nitrogens is 2. The second-order valence-corrected chi connectivity index (χ2v) is 7.74. The van der Waals surface area contributed by atoms with Crippen LogP contribution >= 0.6 is 0 Å². The number of hydrogen-bond acceptors (Lipinski definition) is 3. The molecule has 0 aliphatic carbocycles. The summed E-state index contributed by atoms with van der Waals surface area (Å²) in [4.78, 5) is 17.4. The van der Waals surface area contributed by atoms with Crippen LogP contribution in [0, 0.1) is 0 Å². The van der Waals surface area contributed by atoms with Crippen molar-refractivity contribution >= 4 is 5.91 Å². The zero-order valence-corrected chi connectivity index (χ0v) is 14.2. The highest BCUT2D eigenvalue weighted by Gasteiger charge is 2.39. The topological polar surface area (TPSA) is 41.4 Å². The fourth-order valence-electron chi connectivity index (χ4n) is 3.83. The van der Waals surface area contributed by atoms with Gasteiger partial charge in [-0.25, -0.2) is 0 Å². The molecule has 22 heavy (non-hydrogen) atoms. The first-order chi connectivity index (χ1) is 10.4. The van der Waals surface area contributed by atoms with Crippen LogP contribution < -0.4 is 0 Å². The Hall–Kier alpha value is -1.36. The smallest absolute Gasteiger partial charge is 0.257 e. The van der Waals surface area contributed by atoms with Crippen LogP contribution in [-0.4, -0.2) is 57.7 Å². The molecular weight excluding hydrogens is 276 g/mol. The zero-order valence-electron chi connectivity index (χ0n) is 14.2. The van der Waals surface area contributed by atoms with E-state index in [-0.39, 0.29) is 11.4 Å². The molecule has 0 aromatic carbocycles. The maximum absolute atomic E-state index is 12.9. The fourth-order valence-corrected chi connectivity index (χ4v) is 3.83. The Kier molecular flexibility index (Phi) is 4.02. The lowest BCUT2D eigenvalue weighted by atomic mass is 10.0. The number of hydrogen-bond donors (Lipinski definition) is 0. The van der Waals surface area contributed by atoms with Crippen molar-refractivity contribution in [3.05, 3.63) is 18.0 Å². The zero-order chi connectivity index (χ0) is 15.9. The van der Waals surface area contributed by atoms with Crippen molar-refractivity contribution in [3.8, 4) is 0 Å². The van der Waals surface area contributed by atoms with Crippen LogP contribution in [0.5, 0.6) is 0 Å². The van der Waals surface area contributed by atoms with E-state index in [1.807, 2.05) is 10.9 Å². The third-order valence-electron chi connectivity index (χ3n) is 5.10. The van der Waals surface area contributed by atoms with Crippen LogP contribution in [0.1, 0.15) is 56.8 Å². The highest BCUT2D eigenvalue weighted by atomic mass is 16.2. The minimum atomic E-state index is -0.0887. The first kappa shape index (κ1) is 15.5. The summed E-state index contributed by atoms with van der Waals surface area (Å²) in [5, 5.41) is 4.38. The van der Waals surface area contributed by atoms with Crippen LogP contribution in [0.2, 0.25) is 0 Å². The van der Waals surface area contributed by atoms with E-state index < -0.39 is 0 Å². The van der Waals surface area contributed by atoms with Gasteiger partial charge >= 0.3 is 0 Å². The number of rotatable bonds is 2. The second kappa shape index (κ2) is 5.69. The molecule has 3 heterocycles. The molecular formula is C17H28N4O. The van der Waals surface area contributed by atoms with Gasteiger partial charge in [0.25, 0.3) is 5.91 Å². The lowest BCUT2D eigenvalue weighted by Gasteiger charge is -2.33. The normalized spacial score (nSPS) is 26.8. The Morgan fingerprint density at radius 1 is 1.18 bits per heavy atom. The number of nitrogens with zero attached hydrogens (tertiary/aromatic N) is 4. The predicted octanol–water partition coefficient (Wildman–Crippen LogP) is 2.34. The van der Waals surface area contributed by atoms with Crippen LogP contribution in [0.25, 0.3) is 0 Å². The Bertz CT molecular complexity index is 545. The minimum absolute atomic E-state index is 0.0887. The molecule has 5 heteroatoms. The molecule has 0 bridgehead atoms. The van der Waals surface area contributed by atoms with Gasteiger partial charge in [0, 0.05) is 24.8 Å². The maximum atomic E-state index is 12.9. The standard InChI is InChI=1S/C17H28N4O/c1-17(2,3)21-12-13(11-18-21)16(22)20-10-6-8-15(20)14-7-5-9-19(14)4/h11-12,14-15H,5-10H2,1-4H3. The van der Waals surface area contributed by atoms with Gasteiger partial charge in [-0.15, -0.1) is 0 Å². The first-order valence-electron chi connectivity index (χ1n) is 8.44. The minimum Gasteiger partial charge on any atom is -0.334 e. The third kappa shape index (κ3) is 2.78. The van der Waals surface area contributed by atoms with Gasteiger partial charge in [-0.2, -0.15) is 5.10 Å². The average molecular weight is 304 g/mol. The SMILES string of the molecule is CN1CCCC1C1CCCN1C(=O)c1cnn(C(C)(C)C)c1. The van der Waals surface area contributed by atoms with E-state index >= 15 is 0 Å². The largest absolute Gasteiger partial charge is 0.334 e. The van der Waals surface area contributed by atoms with Crippen molar-refractivity contribution in [2.24, 2.45) is 0 Å². The Labute approximate surface area is 133 Å². The molecule has 122 valence electrons. The van der Waals surface area contributed by atoms with Crippen LogP contribution in [0.4, 0.5) is 0 Å². The van der Waals surface area contributed by atoms with E-state index in [1.54, 1.807) is 6.20 Å². The summed E-state index contributed by atoms with van der Waals surface area (Å²) < 4.78 is 1.88. The fraction of sp³-hybridized carbons (Fsp3) is 0.765. The molecule has 1 aromatic heterocycles. The Morgan fingerprint density at radius 2 is 1.86 bits per heavy atom. The highest BCUT2D eigenvalue weighted by Crippen LogP contribution is 2.30. The number of likely N-dealkylation sites (N-methyl/N-ethyl adjacent to an activating group) is 1. The highest BCUT2D eigenvalue weighted by molar-refractivity contribution is 5.94. The molecule has 3 rings (SSSR count). The van der Waals surface area contributed by atoms with Crippen molar-refractivity contribution in [1.29, 1.82) is 0 Å². The van der Waals surface area contributed by atoms with Gasteiger partial charge in [-0.1, -0.05) is 0 Å². The summed E-state index contributed by atoms with van der Waals surface area (Å²) in [5.74, 6) is 0.151. The van der Waals surface area contributed by atoms with E-state index in [1.165, 1.54) is 12.8 Å². The van der Waals surface area contributed by atoms with E-state index in [4.69, 9.17) is 0 Å². The van der Waals surface area contributed by atoms with Crippen LogP contribution in [-0.2, 0) is 5.54 Å². The summed E-state index contributed by atoms with van der Waals surface area (Å²) in [6.45, 7) is 8.33. The van der Waals surface area contributed by atoms with E-state index in [0.717, 1.165) is 31.5 Å². The average Bonchev–Trinajstić information content (AvgIpc) is 3.16. The lowest BCUT2D eigenvalue weighted by Crippen LogP contribution is -2.47. The summed E-state index contributed by atoms with van der Waals surface area (Å²) in [5.41, 5.74) is 0.636.